The van der Waals surface area contributed by atoms with E-state index in [9.17, 15) is 4.79 Å². The number of guanidine groups is 1. The second kappa shape index (κ2) is 14.9. The molecule has 0 saturated heterocycles. The van der Waals surface area contributed by atoms with Gasteiger partial charge in [-0.1, -0.05) is 20.3 Å². The Morgan fingerprint density at radius 1 is 1.20 bits per heavy atom. The van der Waals surface area contributed by atoms with E-state index in [1.54, 1.807) is 0 Å². The molecule has 0 atom stereocenters. The van der Waals surface area contributed by atoms with Gasteiger partial charge in [0.25, 0.3) is 0 Å². The van der Waals surface area contributed by atoms with Crippen LogP contribution in [0.3, 0.4) is 0 Å². The molecule has 0 aliphatic rings. The second-order valence-electron chi connectivity index (χ2n) is 4.93. The third kappa shape index (κ3) is 13.9. The summed E-state index contributed by atoms with van der Waals surface area (Å²) in [5.74, 6) is 1.32. The molecule has 0 fully saturated rings. The summed E-state index contributed by atoms with van der Waals surface area (Å²) in [5, 5.41) is 6.52. The molecule has 0 aliphatic carbocycles. The van der Waals surface area contributed by atoms with E-state index in [-0.39, 0.29) is 29.9 Å². The standard InChI is InChI=1S/C14H29N3O2.HI/c1-5-15-14(17-11-12(2)3)16-10-8-6-7-9-13(18)19-4;/h12H,5-11H2,1-4H3,(H2,15,16,17);1H. The van der Waals surface area contributed by atoms with E-state index in [1.807, 2.05) is 0 Å². The van der Waals surface area contributed by atoms with Crippen LogP contribution in [-0.2, 0) is 9.53 Å². The van der Waals surface area contributed by atoms with Crippen molar-refractivity contribution in [2.75, 3.05) is 26.7 Å². The molecule has 0 aromatic rings. The Hall–Kier alpha value is -0.530. The van der Waals surface area contributed by atoms with Crippen molar-refractivity contribution >= 4 is 35.9 Å². The van der Waals surface area contributed by atoms with E-state index in [2.05, 4.69) is 41.1 Å². The van der Waals surface area contributed by atoms with E-state index in [0.29, 0.717) is 12.3 Å². The van der Waals surface area contributed by atoms with E-state index in [1.165, 1.54) is 7.11 Å². The summed E-state index contributed by atoms with van der Waals surface area (Å²) in [5.41, 5.74) is 0. The first-order chi connectivity index (χ1) is 9.10. The molecular formula is C14H30IN3O2. The predicted octanol–water partition coefficient (Wildman–Crippen LogP) is 2.55. The number of esters is 1. The zero-order chi connectivity index (χ0) is 14.5. The summed E-state index contributed by atoms with van der Waals surface area (Å²) in [6, 6.07) is 0. The fourth-order valence-electron chi connectivity index (χ4n) is 1.50. The number of carbonyl (C=O) groups excluding carboxylic acids is 1. The molecule has 0 aromatic carbocycles. The van der Waals surface area contributed by atoms with Gasteiger partial charge >= 0.3 is 5.97 Å². The van der Waals surface area contributed by atoms with Crippen LogP contribution in [0.5, 0.6) is 0 Å². The Labute approximate surface area is 140 Å². The Kier molecular flexibility index (Phi) is 16.2. The zero-order valence-corrected chi connectivity index (χ0v) is 15.5. The Bertz CT molecular complexity index is 271. The average molecular weight is 399 g/mol. The van der Waals surface area contributed by atoms with Crippen molar-refractivity contribution < 1.29 is 9.53 Å². The normalized spacial score (nSPS) is 10.9. The predicted molar refractivity (Wildman–Crippen MR) is 94.7 cm³/mol. The van der Waals surface area contributed by atoms with Crippen LogP contribution in [-0.4, -0.2) is 38.7 Å². The molecule has 0 amide bonds. The van der Waals surface area contributed by atoms with Gasteiger partial charge in [0.1, 0.15) is 0 Å². The van der Waals surface area contributed by atoms with E-state index < -0.39 is 0 Å². The third-order valence-electron chi connectivity index (χ3n) is 2.54. The summed E-state index contributed by atoms with van der Waals surface area (Å²) in [6.07, 6.45) is 3.45. The molecule has 20 heavy (non-hydrogen) atoms. The van der Waals surface area contributed by atoms with Crippen LogP contribution in [0.25, 0.3) is 0 Å². The van der Waals surface area contributed by atoms with Crippen molar-refractivity contribution in [3.05, 3.63) is 0 Å². The van der Waals surface area contributed by atoms with Crippen LogP contribution in [0.2, 0.25) is 0 Å². The van der Waals surface area contributed by atoms with Gasteiger partial charge in [-0.15, -0.1) is 24.0 Å². The molecule has 0 heterocycles. The van der Waals surface area contributed by atoms with E-state index in [4.69, 9.17) is 0 Å². The summed E-state index contributed by atoms with van der Waals surface area (Å²) in [7, 11) is 1.43. The minimum Gasteiger partial charge on any atom is -0.469 e. The SMILES string of the molecule is CCNC(=NCC(C)C)NCCCCCC(=O)OC.I. The highest BCUT2D eigenvalue weighted by Gasteiger charge is 2.00. The van der Waals surface area contributed by atoms with Crippen LogP contribution < -0.4 is 10.6 Å². The Morgan fingerprint density at radius 2 is 1.90 bits per heavy atom. The molecular weight excluding hydrogens is 369 g/mol. The average Bonchev–Trinajstić information content (AvgIpc) is 2.39. The number of nitrogens with zero attached hydrogens (tertiary/aromatic N) is 1. The fourth-order valence-corrected chi connectivity index (χ4v) is 1.50. The highest BCUT2D eigenvalue weighted by Crippen LogP contribution is 2.00. The van der Waals surface area contributed by atoms with Gasteiger partial charge in [-0.25, -0.2) is 0 Å². The van der Waals surface area contributed by atoms with Gasteiger partial charge in [0.05, 0.1) is 7.11 Å². The minimum atomic E-state index is -0.125. The number of nitrogens with one attached hydrogen (secondary N) is 2. The number of hydrogen-bond donors (Lipinski definition) is 2. The summed E-state index contributed by atoms with van der Waals surface area (Å²) in [4.78, 5) is 15.4. The molecule has 0 spiro atoms. The molecule has 5 nitrogen and oxygen atoms in total. The molecule has 2 N–H and O–H groups in total. The topological polar surface area (TPSA) is 62.7 Å². The third-order valence-corrected chi connectivity index (χ3v) is 2.54. The highest BCUT2D eigenvalue weighted by atomic mass is 127. The highest BCUT2D eigenvalue weighted by molar-refractivity contribution is 14.0. The maximum absolute atomic E-state index is 10.9. The van der Waals surface area contributed by atoms with Gasteiger partial charge in [-0.2, -0.15) is 0 Å². The first-order valence-corrected chi connectivity index (χ1v) is 7.19. The molecule has 0 unspecified atom stereocenters. The van der Waals surface area contributed by atoms with Gasteiger partial charge in [-0.05, 0) is 25.7 Å². The molecule has 0 aromatic heterocycles. The van der Waals surface area contributed by atoms with Crippen molar-refractivity contribution in [2.24, 2.45) is 10.9 Å². The summed E-state index contributed by atoms with van der Waals surface area (Å²) in [6.45, 7) is 8.94. The fraction of sp³-hybridized carbons (Fsp3) is 0.857. The number of methoxy groups -OCH3 is 1. The van der Waals surface area contributed by atoms with Gasteiger partial charge < -0.3 is 15.4 Å². The lowest BCUT2D eigenvalue weighted by molar-refractivity contribution is -0.140. The van der Waals surface area contributed by atoms with Gasteiger partial charge in [0.2, 0.25) is 0 Å². The molecule has 0 aliphatic heterocycles. The number of rotatable bonds is 9. The van der Waals surface area contributed by atoms with E-state index in [0.717, 1.165) is 44.9 Å². The molecule has 0 bridgehead atoms. The van der Waals surface area contributed by atoms with Crippen LogP contribution in [0, 0.1) is 5.92 Å². The van der Waals surface area contributed by atoms with Gasteiger partial charge in [-0.3, -0.25) is 9.79 Å². The van der Waals surface area contributed by atoms with Crippen LogP contribution in [0.15, 0.2) is 4.99 Å². The molecule has 0 rings (SSSR count). The van der Waals surface area contributed by atoms with Gasteiger partial charge in [0.15, 0.2) is 5.96 Å². The maximum Gasteiger partial charge on any atom is 0.305 e. The second-order valence-corrected chi connectivity index (χ2v) is 4.93. The number of unbranched alkanes of at least 4 members (excludes halogenated alkanes) is 2. The summed E-state index contributed by atoms with van der Waals surface area (Å²) < 4.78 is 4.60. The minimum absolute atomic E-state index is 0. The summed E-state index contributed by atoms with van der Waals surface area (Å²) >= 11 is 0. The van der Waals surface area contributed by atoms with Gasteiger partial charge in [0, 0.05) is 26.1 Å². The monoisotopic (exact) mass is 399 g/mol. The number of aliphatic imine (C=N–C) groups is 1. The number of carbonyl (C=O) groups is 1. The van der Waals surface area contributed by atoms with Crippen molar-refractivity contribution in [2.45, 2.75) is 46.5 Å². The lowest BCUT2D eigenvalue weighted by Gasteiger charge is -2.11. The first-order valence-electron chi connectivity index (χ1n) is 7.19. The van der Waals surface area contributed by atoms with Crippen molar-refractivity contribution in [1.29, 1.82) is 0 Å². The van der Waals surface area contributed by atoms with Crippen LogP contribution in [0.1, 0.15) is 46.5 Å². The Morgan fingerprint density at radius 3 is 2.45 bits per heavy atom. The number of ether oxygens (including phenoxy) is 1. The molecule has 0 saturated carbocycles. The molecule has 120 valence electrons. The maximum atomic E-state index is 10.9. The largest absolute Gasteiger partial charge is 0.469 e. The molecule has 6 heteroatoms. The van der Waals surface area contributed by atoms with Crippen molar-refractivity contribution in [3.63, 3.8) is 0 Å². The van der Waals surface area contributed by atoms with E-state index >= 15 is 0 Å². The van der Waals surface area contributed by atoms with Crippen molar-refractivity contribution in [3.8, 4) is 0 Å². The zero-order valence-electron chi connectivity index (χ0n) is 13.2. The number of hydrogen-bond acceptors (Lipinski definition) is 3. The van der Waals surface area contributed by atoms with Crippen LogP contribution in [0.4, 0.5) is 0 Å². The lowest BCUT2D eigenvalue weighted by atomic mass is 10.2. The Balaban J connectivity index is 0. The molecule has 0 radical (unpaired) electrons. The lowest BCUT2D eigenvalue weighted by Crippen LogP contribution is -2.38. The van der Waals surface area contributed by atoms with Crippen LogP contribution >= 0.6 is 24.0 Å². The smallest absolute Gasteiger partial charge is 0.305 e. The first kappa shape index (κ1) is 21.8. The quantitative estimate of drug-likeness (QED) is 0.206. The van der Waals surface area contributed by atoms with Crippen molar-refractivity contribution in [1.82, 2.24) is 10.6 Å². The number of halogens is 1.